The molecule has 3 nitrogen and oxygen atoms in total. The van der Waals surface area contributed by atoms with E-state index >= 15 is 0 Å². The molecular formula is C37H25N3S. The molecule has 0 unspecified atom stereocenters. The van der Waals surface area contributed by atoms with Crippen LogP contribution < -0.4 is 0 Å². The molecule has 194 valence electrons. The van der Waals surface area contributed by atoms with Crippen LogP contribution in [0.5, 0.6) is 0 Å². The predicted molar refractivity (Wildman–Crippen MR) is 173 cm³/mol. The largest absolute Gasteiger partial charge is 0.339 e. The van der Waals surface area contributed by atoms with Gasteiger partial charge in [0.1, 0.15) is 0 Å². The third kappa shape index (κ3) is 3.38. The number of hydrogen-bond acceptors (Lipinski definition) is 2. The number of nitrogens with zero attached hydrogens (tertiary/aromatic N) is 3. The molecule has 0 saturated carbocycles. The van der Waals surface area contributed by atoms with Crippen molar-refractivity contribution in [3.63, 3.8) is 0 Å². The number of pyridine rings is 1. The molecule has 0 aliphatic carbocycles. The molecule has 3 aromatic heterocycles. The maximum absolute atomic E-state index is 5.16. The van der Waals surface area contributed by atoms with E-state index < -0.39 is 0 Å². The minimum absolute atomic E-state index is 0.973. The first-order chi connectivity index (χ1) is 20.3. The second-order valence-electron chi connectivity index (χ2n) is 10.7. The average Bonchev–Trinajstić information content (AvgIpc) is 3.56. The summed E-state index contributed by atoms with van der Waals surface area (Å²) < 4.78 is 5.00. The zero-order valence-electron chi connectivity index (χ0n) is 22.3. The van der Waals surface area contributed by atoms with Gasteiger partial charge in [0.25, 0.3) is 0 Å². The van der Waals surface area contributed by atoms with Crippen LogP contribution in [0.25, 0.3) is 71.8 Å². The van der Waals surface area contributed by atoms with Gasteiger partial charge in [-0.1, -0.05) is 97.1 Å². The number of aryl methyl sites for hydroxylation is 1. The van der Waals surface area contributed by atoms with Crippen LogP contribution in [0.4, 0.5) is 0 Å². The highest BCUT2D eigenvalue weighted by atomic mass is 32.2. The molecule has 4 heterocycles. The molecule has 4 heteroatoms. The monoisotopic (exact) mass is 543 g/mol. The Hall–Kier alpha value is -4.80. The normalized spacial score (nSPS) is 13.1. The van der Waals surface area contributed by atoms with Crippen LogP contribution in [0.1, 0.15) is 0 Å². The van der Waals surface area contributed by atoms with Gasteiger partial charge in [-0.25, -0.2) is 4.98 Å². The standard InChI is InChI=1S/C37H25N3S/c1-3-11-24(12-4-1)29-21-26(22-30(38-29)25-13-5-2-6-14-25)40-32-18-10-8-16-28(32)35-33(40)23-34-37-36(35)27-15-7-9-17-31(27)39(37)19-20-41-34/h1-18,21-23H,19-20H2. The van der Waals surface area contributed by atoms with E-state index in [2.05, 4.69) is 137 Å². The molecule has 1 aliphatic heterocycles. The predicted octanol–water partition coefficient (Wildman–Crippen LogP) is 9.73. The van der Waals surface area contributed by atoms with Crippen molar-refractivity contribution in [2.45, 2.75) is 11.4 Å². The molecule has 0 amide bonds. The van der Waals surface area contributed by atoms with Gasteiger partial charge in [0.15, 0.2) is 0 Å². The third-order valence-corrected chi connectivity index (χ3v) is 9.42. The van der Waals surface area contributed by atoms with Gasteiger partial charge in [-0.05, 0) is 30.3 Å². The van der Waals surface area contributed by atoms with Crippen molar-refractivity contribution in [2.75, 3.05) is 5.75 Å². The lowest BCUT2D eigenvalue weighted by Crippen LogP contribution is -2.05. The Balaban J connectivity index is 1.45. The Morgan fingerprint density at radius 3 is 1.83 bits per heavy atom. The molecule has 8 aromatic rings. The highest BCUT2D eigenvalue weighted by Gasteiger charge is 2.25. The highest BCUT2D eigenvalue weighted by Crippen LogP contribution is 2.47. The summed E-state index contributed by atoms with van der Waals surface area (Å²) in [5.74, 6) is 1.08. The molecule has 5 aromatic carbocycles. The summed E-state index contributed by atoms with van der Waals surface area (Å²) in [4.78, 5) is 6.52. The molecule has 9 rings (SSSR count). The molecule has 41 heavy (non-hydrogen) atoms. The number of hydrogen-bond donors (Lipinski definition) is 0. The summed E-state index contributed by atoms with van der Waals surface area (Å²) in [5, 5.41) is 5.32. The number of thioether (sulfide) groups is 1. The molecule has 0 spiro atoms. The van der Waals surface area contributed by atoms with Crippen LogP contribution >= 0.6 is 11.8 Å². The van der Waals surface area contributed by atoms with E-state index in [-0.39, 0.29) is 0 Å². The zero-order valence-corrected chi connectivity index (χ0v) is 23.1. The van der Waals surface area contributed by atoms with Gasteiger partial charge in [0, 0.05) is 55.4 Å². The average molecular weight is 544 g/mol. The van der Waals surface area contributed by atoms with E-state index in [9.17, 15) is 0 Å². The first-order valence-electron chi connectivity index (χ1n) is 14.1. The van der Waals surface area contributed by atoms with Crippen LogP contribution in [0.15, 0.2) is 132 Å². The molecule has 0 saturated heterocycles. The number of para-hydroxylation sites is 2. The summed E-state index contributed by atoms with van der Waals surface area (Å²) in [6.07, 6.45) is 0. The summed E-state index contributed by atoms with van der Waals surface area (Å²) in [7, 11) is 0. The number of aromatic nitrogens is 3. The Morgan fingerprint density at radius 1 is 0.561 bits per heavy atom. The molecule has 1 aliphatic rings. The SMILES string of the molecule is c1ccc(-c2cc(-n3c4ccccc4c4c5c6ccccc6n6c5c(cc43)SCC6)cc(-c3ccccc3)n2)cc1. The maximum Gasteiger partial charge on any atom is 0.0730 e. The van der Waals surface area contributed by atoms with E-state index in [1.807, 2.05) is 11.8 Å². The first kappa shape index (κ1) is 23.0. The van der Waals surface area contributed by atoms with Crippen molar-refractivity contribution in [3.05, 3.63) is 127 Å². The van der Waals surface area contributed by atoms with Gasteiger partial charge in [-0.2, -0.15) is 0 Å². The summed E-state index contributed by atoms with van der Waals surface area (Å²) >= 11 is 1.98. The number of benzene rings is 5. The molecule has 0 fully saturated rings. The Labute approximate surface area is 241 Å². The fourth-order valence-corrected chi connectivity index (χ4v) is 7.73. The topological polar surface area (TPSA) is 22.8 Å². The maximum atomic E-state index is 5.16. The van der Waals surface area contributed by atoms with Crippen LogP contribution in [0.3, 0.4) is 0 Å². The van der Waals surface area contributed by atoms with Crippen molar-refractivity contribution in [1.82, 2.24) is 14.1 Å². The van der Waals surface area contributed by atoms with Crippen LogP contribution in [0.2, 0.25) is 0 Å². The first-order valence-corrected chi connectivity index (χ1v) is 15.1. The summed E-state index contributed by atoms with van der Waals surface area (Å²) in [6, 6.07) is 45.8. The fraction of sp³-hybridized carbons (Fsp3) is 0.0541. The second kappa shape index (κ2) is 8.85. The molecule has 0 atom stereocenters. The lowest BCUT2D eigenvalue weighted by atomic mass is 10.1. The van der Waals surface area contributed by atoms with E-state index in [0.29, 0.717) is 0 Å². The minimum atomic E-state index is 0.973. The molecule has 0 bridgehead atoms. The second-order valence-corrected chi connectivity index (χ2v) is 11.8. The molecule has 0 radical (unpaired) electrons. The van der Waals surface area contributed by atoms with Gasteiger partial charge in [0.2, 0.25) is 0 Å². The van der Waals surface area contributed by atoms with Gasteiger partial charge >= 0.3 is 0 Å². The molecule has 0 N–H and O–H groups in total. The van der Waals surface area contributed by atoms with Crippen LogP contribution in [-0.4, -0.2) is 19.9 Å². The van der Waals surface area contributed by atoms with Crippen LogP contribution in [-0.2, 0) is 6.54 Å². The third-order valence-electron chi connectivity index (χ3n) is 8.41. The number of fused-ring (bicyclic) bond motifs is 7. The number of rotatable bonds is 3. The zero-order chi connectivity index (χ0) is 26.9. The van der Waals surface area contributed by atoms with Crippen molar-refractivity contribution >= 4 is 55.4 Å². The van der Waals surface area contributed by atoms with Gasteiger partial charge in [0.05, 0.1) is 33.6 Å². The fourth-order valence-electron chi connectivity index (χ4n) is 6.69. The van der Waals surface area contributed by atoms with Gasteiger partial charge < -0.3 is 9.13 Å². The van der Waals surface area contributed by atoms with E-state index in [4.69, 9.17) is 4.98 Å². The highest BCUT2D eigenvalue weighted by molar-refractivity contribution is 7.99. The van der Waals surface area contributed by atoms with E-state index in [0.717, 1.165) is 40.5 Å². The summed E-state index contributed by atoms with van der Waals surface area (Å²) in [5.41, 5.74) is 10.5. The lowest BCUT2D eigenvalue weighted by molar-refractivity contribution is 0.821. The Kier molecular flexibility index (Phi) is 4.96. The van der Waals surface area contributed by atoms with Gasteiger partial charge in [-0.15, -0.1) is 11.8 Å². The smallest absolute Gasteiger partial charge is 0.0730 e. The molecular weight excluding hydrogens is 518 g/mol. The van der Waals surface area contributed by atoms with Crippen molar-refractivity contribution in [1.29, 1.82) is 0 Å². The Bertz CT molecular complexity index is 2220. The quantitative estimate of drug-likeness (QED) is 0.221. The van der Waals surface area contributed by atoms with Crippen molar-refractivity contribution < 1.29 is 0 Å². The van der Waals surface area contributed by atoms with E-state index in [1.165, 1.54) is 48.5 Å². The van der Waals surface area contributed by atoms with E-state index in [1.54, 1.807) is 0 Å². The van der Waals surface area contributed by atoms with Crippen LogP contribution in [0, 0.1) is 0 Å². The minimum Gasteiger partial charge on any atom is -0.339 e. The van der Waals surface area contributed by atoms with Gasteiger partial charge in [-0.3, -0.25) is 0 Å². The Morgan fingerprint density at radius 2 is 1.15 bits per heavy atom. The van der Waals surface area contributed by atoms with Crippen molar-refractivity contribution in [3.8, 4) is 28.2 Å². The summed E-state index contributed by atoms with van der Waals surface area (Å²) in [6.45, 7) is 1.04. The lowest BCUT2D eigenvalue weighted by Gasteiger charge is -2.17. The van der Waals surface area contributed by atoms with Crippen molar-refractivity contribution in [2.24, 2.45) is 0 Å².